The Morgan fingerprint density at radius 1 is 0.857 bits per heavy atom. The lowest BCUT2D eigenvalue weighted by atomic mass is 10.2. The summed E-state index contributed by atoms with van der Waals surface area (Å²) in [6, 6.07) is 29.8. The van der Waals surface area contributed by atoms with E-state index in [1.807, 2.05) is 72.8 Å². The molecule has 0 aromatic heterocycles. The number of hydrogen-bond acceptors (Lipinski definition) is 4. The fourth-order valence-electron chi connectivity index (χ4n) is 3.16. The van der Waals surface area contributed by atoms with Gasteiger partial charge in [0.1, 0.15) is 24.7 Å². The van der Waals surface area contributed by atoms with Gasteiger partial charge in [-0.3, -0.25) is 4.79 Å². The van der Waals surface area contributed by atoms with Gasteiger partial charge in [0.2, 0.25) is 0 Å². The van der Waals surface area contributed by atoms with Gasteiger partial charge in [0, 0.05) is 26.2 Å². The number of nitrogens with zero attached hydrogens (tertiary/aromatic N) is 1. The summed E-state index contributed by atoms with van der Waals surface area (Å²) in [5, 5.41) is 4.74. The highest BCUT2D eigenvalue weighted by molar-refractivity contribution is 9.10. The number of ether oxygens (including phenoxy) is 2. The molecule has 1 amide bonds. The van der Waals surface area contributed by atoms with Gasteiger partial charge in [0.05, 0.1) is 6.21 Å². The van der Waals surface area contributed by atoms with Crippen LogP contribution in [0, 0.1) is 0 Å². The predicted molar refractivity (Wildman–Crippen MR) is 142 cm³/mol. The number of hydrazone groups is 1. The molecule has 4 aromatic carbocycles. The second kappa shape index (κ2) is 12.2. The average Bonchev–Trinajstić information content (AvgIpc) is 2.89. The van der Waals surface area contributed by atoms with Gasteiger partial charge >= 0.3 is 0 Å². The minimum atomic E-state index is -0.324. The van der Waals surface area contributed by atoms with Crippen molar-refractivity contribution in [2.24, 2.45) is 5.10 Å². The maximum atomic E-state index is 12.5. The molecule has 0 heterocycles. The van der Waals surface area contributed by atoms with Crippen LogP contribution in [0.1, 0.15) is 27.0 Å². The summed E-state index contributed by atoms with van der Waals surface area (Å²) < 4.78 is 12.7. The van der Waals surface area contributed by atoms with E-state index in [-0.39, 0.29) is 5.91 Å². The first-order valence-electron chi connectivity index (χ1n) is 10.8. The zero-order valence-corrected chi connectivity index (χ0v) is 21.0. The molecule has 0 atom stereocenters. The number of amides is 1. The molecule has 0 aliphatic rings. The van der Waals surface area contributed by atoms with Crippen LogP contribution < -0.4 is 14.9 Å². The molecule has 0 saturated carbocycles. The molecule has 0 aliphatic carbocycles. The van der Waals surface area contributed by atoms with Gasteiger partial charge in [-0.1, -0.05) is 70.0 Å². The SMILES string of the molecule is O=C(NN=Cc1ccccc1OCc1ccccc1Cl)c1ccc(OCc2ccc(Br)cc2)cc1. The molecule has 0 saturated heterocycles. The molecular weight excluding hydrogens is 528 g/mol. The highest BCUT2D eigenvalue weighted by atomic mass is 79.9. The molecule has 7 heteroatoms. The molecule has 35 heavy (non-hydrogen) atoms. The zero-order valence-electron chi connectivity index (χ0n) is 18.7. The largest absolute Gasteiger partial charge is 0.489 e. The Bertz CT molecular complexity index is 1310. The van der Waals surface area contributed by atoms with Crippen molar-refractivity contribution in [3.05, 3.63) is 129 Å². The lowest BCUT2D eigenvalue weighted by Gasteiger charge is -2.10. The minimum Gasteiger partial charge on any atom is -0.489 e. The van der Waals surface area contributed by atoms with Gasteiger partial charge in [-0.05, 0) is 60.2 Å². The third kappa shape index (κ3) is 7.18. The van der Waals surface area contributed by atoms with Crippen LogP contribution in [0.2, 0.25) is 5.02 Å². The van der Waals surface area contributed by atoms with Crippen molar-refractivity contribution in [3.8, 4) is 11.5 Å². The van der Waals surface area contributed by atoms with Crippen molar-refractivity contribution < 1.29 is 14.3 Å². The van der Waals surface area contributed by atoms with Crippen LogP contribution in [0.3, 0.4) is 0 Å². The van der Waals surface area contributed by atoms with Crippen molar-refractivity contribution in [2.75, 3.05) is 0 Å². The fraction of sp³-hybridized carbons (Fsp3) is 0.0714. The number of carbonyl (C=O) groups excluding carboxylic acids is 1. The van der Waals surface area contributed by atoms with Crippen LogP contribution in [0.4, 0.5) is 0 Å². The molecule has 0 aliphatic heterocycles. The standard InChI is InChI=1S/C28H22BrClN2O3/c29-24-13-9-20(10-14-24)18-34-25-15-11-21(12-16-25)28(33)32-31-17-22-5-2-4-8-27(22)35-19-23-6-1-3-7-26(23)30/h1-17H,18-19H2,(H,32,33). The molecule has 0 fully saturated rings. The van der Waals surface area contributed by atoms with Gasteiger partial charge in [-0.15, -0.1) is 0 Å². The van der Waals surface area contributed by atoms with Crippen LogP contribution in [-0.2, 0) is 13.2 Å². The number of para-hydroxylation sites is 1. The van der Waals surface area contributed by atoms with E-state index in [0.717, 1.165) is 21.2 Å². The summed E-state index contributed by atoms with van der Waals surface area (Å²) in [6.45, 7) is 0.772. The minimum absolute atomic E-state index is 0.324. The average molecular weight is 550 g/mol. The van der Waals surface area contributed by atoms with E-state index in [1.165, 1.54) is 0 Å². The Balaban J connectivity index is 1.31. The molecule has 176 valence electrons. The van der Waals surface area contributed by atoms with Crippen molar-refractivity contribution in [1.82, 2.24) is 5.43 Å². The molecule has 0 unspecified atom stereocenters. The maximum Gasteiger partial charge on any atom is 0.271 e. The van der Waals surface area contributed by atoms with Crippen LogP contribution in [-0.4, -0.2) is 12.1 Å². The zero-order chi connectivity index (χ0) is 24.5. The lowest BCUT2D eigenvalue weighted by Crippen LogP contribution is -2.17. The molecule has 1 N–H and O–H groups in total. The number of halogens is 2. The number of benzene rings is 4. The van der Waals surface area contributed by atoms with Crippen molar-refractivity contribution in [3.63, 3.8) is 0 Å². The van der Waals surface area contributed by atoms with Gasteiger partial charge in [0.25, 0.3) is 5.91 Å². The van der Waals surface area contributed by atoms with E-state index in [9.17, 15) is 4.79 Å². The second-order valence-corrected chi connectivity index (χ2v) is 8.88. The Kier molecular flexibility index (Phi) is 8.54. The van der Waals surface area contributed by atoms with Crippen LogP contribution >= 0.6 is 27.5 Å². The summed E-state index contributed by atoms with van der Waals surface area (Å²) in [5.41, 5.74) is 5.70. The number of carbonyl (C=O) groups is 1. The monoisotopic (exact) mass is 548 g/mol. The maximum absolute atomic E-state index is 12.5. The number of rotatable bonds is 9. The van der Waals surface area contributed by atoms with Crippen molar-refractivity contribution in [2.45, 2.75) is 13.2 Å². The Morgan fingerprint density at radius 2 is 1.57 bits per heavy atom. The third-order valence-electron chi connectivity index (χ3n) is 5.07. The topological polar surface area (TPSA) is 59.9 Å². The summed E-state index contributed by atoms with van der Waals surface area (Å²) in [5.74, 6) is 0.991. The van der Waals surface area contributed by atoms with E-state index < -0.39 is 0 Å². The van der Waals surface area contributed by atoms with E-state index >= 15 is 0 Å². The van der Waals surface area contributed by atoms with Crippen molar-refractivity contribution >= 4 is 39.7 Å². The number of hydrogen-bond donors (Lipinski definition) is 1. The predicted octanol–water partition coefficient (Wildman–Crippen LogP) is 7.02. The number of nitrogens with one attached hydrogen (secondary N) is 1. The summed E-state index contributed by atoms with van der Waals surface area (Å²) in [7, 11) is 0. The molecule has 0 spiro atoms. The van der Waals surface area contributed by atoms with Crippen LogP contribution in [0.25, 0.3) is 0 Å². The first-order chi connectivity index (χ1) is 17.1. The smallest absolute Gasteiger partial charge is 0.271 e. The van der Waals surface area contributed by atoms with Crippen LogP contribution in [0.15, 0.2) is 107 Å². The van der Waals surface area contributed by atoms with E-state index in [0.29, 0.717) is 35.3 Å². The second-order valence-electron chi connectivity index (χ2n) is 7.56. The van der Waals surface area contributed by atoms with E-state index in [2.05, 4.69) is 26.5 Å². The van der Waals surface area contributed by atoms with Gasteiger partial charge in [-0.25, -0.2) is 5.43 Å². The van der Waals surface area contributed by atoms with Crippen LogP contribution in [0.5, 0.6) is 11.5 Å². The van der Waals surface area contributed by atoms with Crippen molar-refractivity contribution in [1.29, 1.82) is 0 Å². The first kappa shape index (κ1) is 24.5. The molecule has 4 rings (SSSR count). The third-order valence-corrected chi connectivity index (χ3v) is 5.96. The normalized spacial score (nSPS) is 10.8. The molecule has 0 bridgehead atoms. The molecular formula is C28H22BrClN2O3. The summed E-state index contributed by atoms with van der Waals surface area (Å²) >= 11 is 9.62. The highest BCUT2D eigenvalue weighted by Gasteiger charge is 2.07. The summed E-state index contributed by atoms with van der Waals surface area (Å²) in [4.78, 5) is 12.5. The highest BCUT2D eigenvalue weighted by Crippen LogP contribution is 2.21. The molecule has 0 radical (unpaired) electrons. The fourth-order valence-corrected chi connectivity index (χ4v) is 3.62. The van der Waals surface area contributed by atoms with Gasteiger partial charge in [0.15, 0.2) is 0 Å². The van der Waals surface area contributed by atoms with E-state index in [4.69, 9.17) is 21.1 Å². The Hall–Kier alpha value is -3.61. The Morgan fingerprint density at radius 3 is 2.34 bits per heavy atom. The quantitative estimate of drug-likeness (QED) is 0.180. The lowest BCUT2D eigenvalue weighted by molar-refractivity contribution is 0.0955. The van der Waals surface area contributed by atoms with Gasteiger partial charge < -0.3 is 9.47 Å². The summed E-state index contributed by atoms with van der Waals surface area (Å²) in [6.07, 6.45) is 1.55. The molecule has 4 aromatic rings. The van der Waals surface area contributed by atoms with Gasteiger partial charge in [-0.2, -0.15) is 5.10 Å². The first-order valence-corrected chi connectivity index (χ1v) is 12.0. The Labute approximate surface area is 217 Å². The van der Waals surface area contributed by atoms with E-state index in [1.54, 1.807) is 30.5 Å². The molecule has 5 nitrogen and oxygen atoms in total.